The highest BCUT2D eigenvalue weighted by atomic mass is 28.4. The highest BCUT2D eigenvalue weighted by molar-refractivity contribution is 6.53. The number of nitrogens with zero attached hydrogens (tertiary/aromatic N) is 1. The molecule has 6 heteroatoms. The third kappa shape index (κ3) is 5.87. The zero-order valence-corrected chi connectivity index (χ0v) is 10.6. The van der Waals surface area contributed by atoms with E-state index in [1.807, 2.05) is 26.8 Å². The van der Waals surface area contributed by atoms with Crippen LogP contribution in [0.5, 0.6) is 0 Å². The van der Waals surface area contributed by atoms with Gasteiger partial charge in [0.25, 0.3) is 0 Å². The van der Waals surface area contributed by atoms with Crippen molar-refractivity contribution in [1.29, 1.82) is 5.26 Å². The van der Waals surface area contributed by atoms with E-state index in [-0.39, 0.29) is 6.61 Å². The van der Waals surface area contributed by atoms with Gasteiger partial charge >= 0.3 is 9.05 Å². The van der Waals surface area contributed by atoms with Crippen LogP contribution >= 0.6 is 0 Å². The Kier molecular flexibility index (Phi) is 8.56. The molecule has 0 aromatic rings. The molecule has 0 rings (SSSR count). The van der Waals surface area contributed by atoms with Gasteiger partial charge in [-0.1, -0.05) is 0 Å². The smallest absolute Gasteiger partial charge is 0.351 e. The SMILES string of the molecule is CCO[Si](OCC)(OCC)OCCC#N. The molecule has 0 fully saturated rings. The van der Waals surface area contributed by atoms with Gasteiger partial charge in [0.15, 0.2) is 0 Å². The lowest BCUT2D eigenvalue weighted by molar-refractivity contribution is -0.0263. The lowest BCUT2D eigenvalue weighted by atomic mass is 10.5. The molecule has 0 saturated heterocycles. The summed E-state index contributed by atoms with van der Waals surface area (Å²) in [6.45, 7) is 7.26. The fourth-order valence-corrected chi connectivity index (χ4v) is 2.91. The molecule has 0 atom stereocenters. The van der Waals surface area contributed by atoms with Crippen molar-refractivity contribution in [1.82, 2.24) is 0 Å². The van der Waals surface area contributed by atoms with E-state index in [9.17, 15) is 0 Å². The molecule has 0 unspecified atom stereocenters. The van der Waals surface area contributed by atoms with Crippen molar-refractivity contribution in [2.75, 3.05) is 26.4 Å². The highest BCUT2D eigenvalue weighted by Crippen LogP contribution is 2.12. The lowest BCUT2D eigenvalue weighted by Gasteiger charge is -2.26. The Labute approximate surface area is 92.4 Å². The molecule has 0 bridgehead atoms. The maximum atomic E-state index is 8.42. The summed E-state index contributed by atoms with van der Waals surface area (Å²) in [6.07, 6.45) is 0.308. The van der Waals surface area contributed by atoms with Gasteiger partial charge in [-0.15, -0.1) is 0 Å². The van der Waals surface area contributed by atoms with Crippen LogP contribution in [-0.4, -0.2) is 35.5 Å². The van der Waals surface area contributed by atoms with E-state index in [4.69, 9.17) is 23.0 Å². The maximum Gasteiger partial charge on any atom is 0.679 e. The third-order valence-corrected chi connectivity index (χ3v) is 3.94. The second-order valence-electron chi connectivity index (χ2n) is 2.56. The molecule has 0 saturated carbocycles. The van der Waals surface area contributed by atoms with Crippen molar-refractivity contribution in [2.24, 2.45) is 0 Å². The number of hydrogen-bond acceptors (Lipinski definition) is 5. The second-order valence-corrected chi connectivity index (χ2v) is 4.71. The van der Waals surface area contributed by atoms with E-state index >= 15 is 0 Å². The molecule has 0 aromatic heterocycles. The third-order valence-electron chi connectivity index (χ3n) is 1.46. The minimum atomic E-state index is -2.98. The molecular formula is C9H19NO4Si. The van der Waals surface area contributed by atoms with Crippen LogP contribution in [-0.2, 0) is 17.7 Å². The minimum Gasteiger partial charge on any atom is -0.351 e. The van der Waals surface area contributed by atoms with Gasteiger partial charge in [0.2, 0.25) is 0 Å². The van der Waals surface area contributed by atoms with Crippen LogP contribution in [0.15, 0.2) is 0 Å². The molecule has 0 amide bonds. The molecule has 88 valence electrons. The first kappa shape index (κ1) is 14.5. The average Bonchev–Trinajstić information content (AvgIpc) is 2.19. The van der Waals surface area contributed by atoms with Crippen LogP contribution < -0.4 is 0 Å². The monoisotopic (exact) mass is 233 g/mol. The fourth-order valence-electron chi connectivity index (χ4n) is 1.00. The van der Waals surface area contributed by atoms with Crippen molar-refractivity contribution < 1.29 is 17.7 Å². The van der Waals surface area contributed by atoms with Crippen LogP contribution in [0, 0.1) is 11.3 Å². The van der Waals surface area contributed by atoms with Crippen molar-refractivity contribution in [3.8, 4) is 6.07 Å². The van der Waals surface area contributed by atoms with Crippen molar-refractivity contribution in [3.63, 3.8) is 0 Å². The first-order valence-electron chi connectivity index (χ1n) is 5.17. The molecule has 0 aliphatic rings. The van der Waals surface area contributed by atoms with E-state index in [0.717, 1.165) is 0 Å². The summed E-state index contributed by atoms with van der Waals surface area (Å²) < 4.78 is 21.7. The topological polar surface area (TPSA) is 60.7 Å². The van der Waals surface area contributed by atoms with E-state index in [0.29, 0.717) is 26.2 Å². The molecule has 5 nitrogen and oxygen atoms in total. The van der Waals surface area contributed by atoms with Crippen LogP contribution in [0.3, 0.4) is 0 Å². The first-order valence-corrected chi connectivity index (χ1v) is 6.80. The van der Waals surface area contributed by atoms with E-state index in [1.54, 1.807) is 0 Å². The molecule has 0 aliphatic carbocycles. The van der Waals surface area contributed by atoms with Crippen LogP contribution in [0.4, 0.5) is 0 Å². The Balaban J connectivity index is 4.25. The average molecular weight is 233 g/mol. The predicted octanol–water partition coefficient (Wildman–Crippen LogP) is 1.46. The van der Waals surface area contributed by atoms with Crippen LogP contribution in [0.25, 0.3) is 0 Å². The van der Waals surface area contributed by atoms with E-state index in [1.165, 1.54) is 0 Å². The zero-order chi connectivity index (χ0) is 11.6. The molecule has 0 N–H and O–H groups in total. The van der Waals surface area contributed by atoms with Gasteiger partial charge < -0.3 is 17.7 Å². The summed E-state index contributed by atoms with van der Waals surface area (Å²) in [5.74, 6) is 0. The summed E-state index contributed by atoms with van der Waals surface area (Å²) >= 11 is 0. The van der Waals surface area contributed by atoms with Gasteiger partial charge in [-0.3, -0.25) is 0 Å². The normalized spacial score (nSPS) is 11.3. The quantitative estimate of drug-likeness (QED) is 0.446. The van der Waals surface area contributed by atoms with Crippen molar-refractivity contribution in [2.45, 2.75) is 27.2 Å². The molecule has 15 heavy (non-hydrogen) atoms. The largest absolute Gasteiger partial charge is 0.679 e. The maximum absolute atomic E-state index is 8.42. The number of nitriles is 1. The Hall–Kier alpha value is -0.453. The molecule has 0 aliphatic heterocycles. The van der Waals surface area contributed by atoms with E-state index in [2.05, 4.69) is 0 Å². The van der Waals surface area contributed by atoms with Crippen molar-refractivity contribution in [3.05, 3.63) is 0 Å². The fraction of sp³-hybridized carbons (Fsp3) is 0.889. The Morgan fingerprint density at radius 1 is 0.933 bits per heavy atom. The summed E-state index contributed by atoms with van der Waals surface area (Å²) in [5, 5.41) is 8.42. The summed E-state index contributed by atoms with van der Waals surface area (Å²) in [5.41, 5.74) is 0. The van der Waals surface area contributed by atoms with Gasteiger partial charge in [0, 0.05) is 19.8 Å². The van der Waals surface area contributed by atoms with Gasteiger partial charge in [0.05, 0.1) is 19.1 Å². The van der Waals surface area contributed by atoms with Crippen molar-refractivity contribution >= 4 is 9.05 Å². The minimum absolute atomic E-state index is 0.280. The summed E-state index contributed by atoms with van der Waals surface area (Å²) in [7, 11) is -2.98. The van der Waals surface area contributed by atoms with Crippen LogP contribution in [0.1, 0.15) is 27.2 Å². The Morgan fingerprint density at radius 2 is 1.40 bits per heavy atom. The second kappa shape index (κ2) is 8.82. The number of rotatable bonds is 9. The summed E-state index contributed by atoms with van der Waals surface area (Å²) in [4.78, 5) is 0. The highest BCUT2D eigenvalue weighted by Gasteiger charge is 2.44. The molecule has 0 spiro atoms. The molecule has 0 radical (unpaired) electrons. The summed E-state index contributed by atoms with van der Waals surface area (Å²) in [6, 6.07) is 2.00. The first-order chi connectivity index (χ1) is 7.24. The van der Waals surface area contributed by atoms with Gasteiger partial charge in [0.1, 0.15) is 0 Å². The Morgan fingerprint density at radius 3 is 1.73 bits per heavy atom. The van der Waals surface area contributed by atoms with E-state index < -0.39 is 9.05 Å². The van der Waals surface area contributed by atoms with Crippen LogP contribution in [0.2, 0.25) is 0 Å². The van der Waals surface area contributed by atoms with Gasteiger partial charge in [-0.2, -0.15) is 5.26 Å². The number of hydrogen-bond donors (Lipinski definition) is 0. The molecule has 0 aromatic carbocycles. The predicted molar refractivity (Wildman–Crippen MR) is 56.8 cm³/mol. The zero-order valence-electron chi connectivity index (χ0n) is 9.62. The van der Waals surface area contributed by atoms with Gasteiger partial charge in [-0.25, -0.2) is 0 Å². The Bertz CT molecular complexity index is 178. The lowest BCUT2D eigenvalue weighted by Crippen LogP contribution is -2.49. The molecular weight excluding hydrogens is 214 g/mol. The molecule has 0 heterocycles. The van der Waals surface area contributed by atoms with Gasteiger partial charge in [-0.05, 0) is 20.8 Å². The standard InChI is InChI=1S/C9H19NO4Si/c1-4-11-15(12-5-2,13-6-3)14-9-7-8-10/h4-7,9H2,1-3H3.